The van der Waals surface area contributed by atoms with Gasteiger partial charge in [0.2, 0.25) is 0 Å². The second-order valence-electron chi connectivity index (χ2n) is 5.12. The van der Waals surface area contributed by atoms with Gasteiger partial charge < -0.3 is 5.32 Å². The molecule has 1 saturated heterocycles. The van der Waals surface area contributed by atoms with Crippen LogP contribution in [0, 0.1) is 12.8 Å². The Bertz CT molecular complexity index is 542. The minimum absolute atomic E-state index is 0.703. The predicted octanol–water partition coefficient (Wildman–Crippen LogP) is 1.51. The number of rotatable bonds is 3. The number of nitrogens with one attached hydrogen (secondary N) is 1. The van der Waals surface area contributed by atoms with E-state index in [0.717, 1.165) is 36.8 Å². The molecule has 0 aliphatic carbocycles. The third kappa shape index (κ3) is 2.81. The van der Waals surface area contributed by atoms with Gasteiger partial charge in [-0.25, -0.2) is 9.97 Å². The Labute approximate surface area is 113 Å². The molecule has 0 spiro atoms. The zero-order chi connectivity index (χ0) is 13.1. The second kappa shape index (κ2) is 5.48. The monoisotopic (exact) mass is 257 g/mol. The molecule has 19 heavy (non-hydrogen) atoms. The topological polar surface area (TPSA) is 55.6 Å². The van der Waals surface area contributed by atoms with Crippen LogP contribution in [0.5, 0.6) is 0 Å². The molecule has 1 aliphatic rings. The summed E-state index contributed by atoms with van der Waals surface area (Å²) in [5, 5.41) is 7.71. The quantitative estimate of drug-likeness (QED) is 0.905. The molecule has 0 atom stereocenters. The van der Waals surface area contributed by atoms with Crippen molar-refractivity contribution in [2.45, 2.75) is 26.2 Å². The lowest BCUT2D eigenvalue weighted by molar-refractivity contribution is 0.365. The van der Waals surface area contributed by atoms with Crippen molar-refractivity contribution >= 4 is 0 Å². The second-order valence-corrected chi connectivity index (χ2v) is 5.12. The lowest BCUT2D eigenvalue weighted by Gasteiger charge is -2.22. The number of piperidine rings is 1. The van der Waals surface area contributed by atoms with Crippen LogP contribution in [0.3, 0.4) is 0 Å². The summed E-state index contributed by atoms with van der Waals surface area (Å²) in [5.74, 6) is 2.58. The van der Waals surface area contributed by atoms with Gasteiger partial charge in [0.15, 0.2) is 5.82 Å². The first-order chi connectivity index (χ1) is 9.33. The molecular weight excluding hydrogens is 238 g/mol. The molecule has 0 radical (unpaired) electrons. The standard InChI is InChI=1S/C14H19N5/c1-11-3-2-4-13(18-11)19-14(16-10-17-19)9-12-5-7-15-8-6-12/h2-4,10,12,15H,5-9H2,1H3. The first-order valence-electron chi connectivity index (χ1n) is 6.86. The number of hydrogen-bond acceptors (Lipinski definition) is 4. The summed E-state index contributed by atoms with van der Waals surface area (Å²) in [7, 11) is 0. The number of nitrogens with zero attached hydrogens (tertiary/aromatic N) is 4. The summed E-state index contributed by atoms with van der Waals surface area (Å²) in [6, 6.07) is 5.98. The molecule has 0 saturated carbocycles. The fourth-order valence-electron chi connectivity index (χ4n) is 2.59. The SMILES string of the molecule is Cc1cccc(-n2ncnc2CC2CCNCC2)n1. The highest BCUT2D eigenvalue weighted by Gasteiger charge is 2.17. The molecule has 2 aromatic rings. The third-order valence-corrected chi connectivity index (χ3v) is 3.64. The van der Waals surface area contributed by atoms with E-state index in [-0.39, 0.29) is 0 Å². The molecule has 0 aromatic carbocycles. The zero-order valence-corrected chi connectivity index (χ0v) is 11.2. The van der Waals surface area contributed by atoms with Gasteiger partial charge >= 0.3 is 0 Å². The van der Waals surface area contributed by atoms with Crippen molar-refractivity contribution in [3.8, 4) is 5.82 Å². The fourth-order valence-corrected chi connectivity index (χ4v) is 2.59. The van der Waals surface area contributed by atoms with Gasteiger partial charge in [0.1, 0.15) is 12.2 Å². The van der Waals surface area contributed by atoms with E-state index in [9.17, 15) is 0 Å². The predicted molar refractivity (Wildman–Crippen MR) is 73.2 cm³/mol. The van der Waals surface area contributed by atoms with E-state index in [4.69, 9.17) is 0 Å². The molecule has 1 fully saturated rings. The van der Waals surface area contributed by atoms with Gasteiger partial charge in [-0.1, -0.05) is 6.07 Å². The highest BCUT2D eigenvalue weighted by molar-refractivity contribution is 5.24. The smallest absolute Gasteiger partial charge is 0.155 e. The Morgan fingerprint density at radius 2 is 2.16 bits per heavy atom. The molecule has 5 nitrogen and oxygen atoms in total. The van der Waals surface area contributed by atoms with Crippen LogP contribution in [0.4, 0.5) is 0 Å². The van der Waals surface area contributed by atoms with Crippen molar-refractivity contribution in [3.05, 3.63) is 36.0 Å². The lowest BCUT2D eigenvalue weighted by Crippen LogP contribution is -2.29. The van der Waals surface area contributed by atoms with Crippen LogP contribution in [-0.4, -0.2) is 32.8 Å². The first-order valence-corrected chi connectivity index (χ1v) is 6.86. The van der Waals surface area contributed by atoms with Crippen LogP contribution in [0.1, 0.15) is 24.4 Å². The molecule has 0 unspecified atom stereocenters. The van der Waals surface area contributed by atoms with Crippen LogP contribution in [0.25, 0.3) is 5.82 Å². The van der Waals surface area contributed by atoms with E-state index in [1.807, 2.05) is 29.8 Å². The highest BCUT2D eigenvalue weighted by Crippen LogP contribution is 2.18. The van der Waals surface area contributed by atoms with Gasteiger partial charge in [-0.2, -0.15) is 9.78 Å². The number of pyridine rings is 1. The average molecular weight is 257 g/mol. The number of aryl methyl sites for hydroxylation is 1. The highest BCUT2D eigenvalue weighted by atomic mass is 15.4. The van der Waals surface area contributed by atoms with Crippen LogP contribution in [0.2, 0.25) is 0 Å². The van der Waals surface area contributed by atoms with E-state index < -0.39 is 0 Å². The molecule has 1 aliphatic heterocycles. The van der Waals surface area contributed by atoms with Crippen LogP contribution < -0.4 is 5.32 Å². The Balaban J connectivity index is 1.81. The van der Waals surface area contributed by atoms with Gasteiger partial charge in [-0.15, -0.1) is 0 Å². The maximum atomic E-state index is 4.52. The molecular formula is C14H19N5. The summed E-state index contributed by atoms with van der Waals surface area (Å²) in [6.45, 7) is 4.22. The summed E-state index contributed by atoms with van der Waals surface area (Å²) in [6.07, 6.45) is 5.04. The lowest BCUT2D eigenvalue weighted by atomic mass is 9.94. The van der Waals surface area contributed by atoms with Gasteiger partial charge in [-0.05, 0) is 50.9 Å². The van der Waals surface area contributed by atoms with Crippen molar-refractivity contribution < 1.29 is 0 Å². The summed E-state index contributed by atoms with van der Waals surface area (Å²) < 4.78 is 1.87. The summed E-state index contributed by atoms with van der Waals surface area (Å²) >= 11 is 0. The minimum Gasteiger partial charge on any atom is -0.317 e. The fraction of sp³-hybridized carbons (Fsp3) is 0.500. The number of hydrogen-bond donors (Lipinski definition) is 1. The van der Waals surface area contributed by atoms with E-state index in [0.29, 0.717) is 5.92 Å². The molecule has 2 aromatic heterocycles. The van der Waals surface area contributed by atoms with Crippen LogP contribution >= 0.6 is 0 Å². The molecule has 100 valence electrons. The Kier molecular flexibility index (Phi) is 3.55. The van der Waals surface area contributed by atoms with Gasteiger partial charge in [0, 0.05) is 12.1 Å². The summed E-state index contributed by atoms with van der Waals surface area (Å²) in [4.78, 5) is 8.93. The maximum absolute atomic E-state index is 4.52. The van der Waals surface area contributed by atoms with Crippen molar-refractivity contribution in [2.24, 2.45) is 5.92 Å². The molecule has 3 heterocycles. The maximum Gasteiger partial charge on any atom is 0.155 e. The molecule has 0 bridgehead atoms. The van der Waals surface area contributed by atoms with Gasteiger partial charge in [0.25, 0.3) is 0 Å². The molecule has 5 heteroatoms. The zero-order valence-electron chi connectivity index (χ0n) is 11.2. The largest absolute Gasteiger partial charge is 0.317 e. The normalized spacial score (nSPS) is 16.7. The van der Waals surface area contributed by atoms with Crippen LogP contribution in [0.15, 0.2) is 24.5 Å². The van der Waals surface area contributed by atoms with Crippen LogP contribution in [-0.2, 0) is 6.42 Å². The van der Waals surface area contributed by atoms with Crippen molar-refractivity contribution in [1.29, 1.82) is 0 Å². The Morgan fingerprint density at radius 3 is 2.95 bits per heavy atom. The molecule has 3 rings (SSSR count). The van der Waals surface area contributed by atoms with E-state index in [2.05, 4.69) is 20.4 Å². The Hall–Kier alpha value is -1.75. The number of aromatic nitrogens is 4. The van der Waals surface area contributed by atoms with Crippen molar-refractivity contribution in [1.82, 2.24) is 25.1 Å². The van der Waals surface area contributed by atoms with E-state index in [1.54, 1.807) is 6.33 Å². The van der Waals surface area contributed by atoms with E-state index in [1.165, 1.54) is 12.8 Å². The molecule has 0 amide bonds. The minimum atomic E-state index is 0.703. The van der Waals surface area contributed by atoms with Crippen molar-refractivity contribution in [2.75, 3.05) is 13.1 Å². The van der Waals surface area contributed by atoms with E-state index >= 15 is 0 Å². The summed E-state index contributed by atoms with van der Waals surface area (Å²) in [5.41, 5.74) is 1.00. The molecule has 1 N–H and O–H groups in total. The van der Waals surface area contributed by atoms with Gasteiger partial charge in [-0.3, -0.25) is 0 Å². The van der Waals surface area contributed by atoms with Gasteiger partial charge in [0.05, 0.1) is 0 Å². The Morgan fingerprint density at radius 1 is 1.32 bits per heavy atom. The van der Waals surface area contributed by atoms with Crippen molar-refractivity contribution in [3.63, 3.8) is 0 Å². The third-order valence-electron chi connectivity index (χ3n) is 3.64. The average Bonchev–Trinajstić information content (AvgIpc) is 2.88. The first kappa shape index (κ1) is 12.3.